The molecule has 0 amide bonds. The number of hydrogen-bond acceptors (Lipinski definition) is 3. The van der Waals surface area contributed by atoms with E-state index in [1.54, 1.807) is 22.8 Å². The molecule has 1 aromatic heterocycles. The van der Waals surface area contributed by atoms with Crippen molar-refractivity contribution < 1.29 is 4.39 Å². The van der Waals surface area contributed by atoms with Crippen molar-refractivity contribution in [3.63, 3.8) is 0 Å². The van der Waals surface area contributed by atoms with Gasteiger partial charge in [0.25, 0.3) is 5.56 Å². The first-order valence-corrected chi connectivity index (χ1v) is 9.60. The predicted octanol–water partition coefficient (Wildman–Crippen LogP) is 4.88. The van der Waals surface area contributed by atoms with Crippen LogP contribution in [0.2, 0.25) is 0 Å². The SMILES string of the molecule is O=c1c2ccccc2nc(SCc2ccccc2)n1Cc1ccc(F)cc1. The van der Waals surface area contributed by atoms with E-state index in [0.29, 0.717) is 22.6 Å². The second kappa shape index (κ2) is 7.76. The van der Waals surface area contributed by atoms with Crippen molar-refractivity contribution in [2.45, 2.75) is 17.5 Å². The molecule has 3 nitrogen and oxygen atoms in total. The minimum atomic E-state index is -0.290. The van der Waals surface area contributed by atoms with E-state index < -0.39 is 0 Å². The fraction of sp³-hybridized carbons (Fsp3) is 0.0909. The number of para-hydroxylation sites is 1. The van der Waals surface area contributed by atoms with E-state index in [1.165, 1.54) is 29.5 Å². The van der Waals surface area contributed by atoms with Crippen LogP contribution in [0.25, 0.3) is 10.9 Å². The maximum atomic E-state index is 13.2. The van der Waals surface area contributed by atoms with Crippen molar-refractivity contribution in [2.75, 3.05) is 0 Å². The van der Waals surface area contributed by atoms with E-state index in [1.807, 2.05) is 36.4 Å². The molecule has 0 bridgehead atoms. The largest absolute Gasteiger partial charge is 0.283 e. The zero-order valence-corrected chi connectivity index (χ0v) is 15.3. The molecule has 0 N–H and O–H groups in total. The molecular weight excluding hydrogens is 359 g/mol. The molecule has 4 rings (SSSR count). The Morgan fingerprint density at radius 1 is 0.852 bits per heavy atom. The van der Waals surface area contributed by atoms with Crippen molar-refractivity contribution in [2.24, 2.45) is 0 Å². The first-order chi connectivity index (χ1) is 13.2. The van der Waals surface area contributed by atoms with Crippen LogP contribution in [0.1, 0.15) is 11.1 Å². The van der Waals surface area contributed by atoms with Crippen LogP contribution in [0.15, 0.2) is 88.8 Å². The minimum absolute atomic E-state index is 0.0829. The first-order valence-electron chi connectivity index (χ1n) is 8.61. The van der Waals surface area contributed by atoms with E-state index in [-0.39, 0.29) is 11.4 Å². The Balaban J connectivity index is 1.75. The molecule has 0 fully saturated rings. The summed E-state index contributed by atoms with van der Waals surface area (Å²) < 4.78 is 14.9. The van der Waals surface area contributed by atoms with Crippen LogP contribution in [0.3, 0.4) is 0 Å². The van der Waals surface area contributed by atoms with Crippen molar-refractivity contribution in [1.29, 1.82) is 0 Å². The summed E-state index contributed by atoms with van der Waals surface area (Å²) in [4.78, 5) is 17.8. The molecule has 0 aliphatic carbocycles. The van der Waals surface area contributed by atoms with Crippen LogP contribution in [0.4, 0.5) is 4.39 Å². The molecule has 134 valence electrons. The average molecular weight is 376 g/mol. The van der Waals surface area contributed by atoms with Crippen molar-refractivity contribution in [1.82, 2.24) is 9.55 Å². The van der Waals surface area contributed by atoms with Gasteiger partial charge in [0.15, 0.2) is 5.16 Å². The molecule has 0 unspecified atom stereocenters. The summed E-state index contributed by atoms with van der Waals surface area (Å²) in [6.45, 7) is 0.355. The fourth-order valence-corrected chi connectivity index (χ4v) is 3.85. The van der Waals surface area contributed by atoms with Crippen LogP contribution >= 0.6 is 11.8 Å². The van der Waals surface area contributed by atoms with Gasteiger partial charge in [0.05, 0.1) is 17.4 Å². The quantitative estimate of drug-likeness (QED) is 0.368. The summed E-state index contributed by atoms with van der Waals surface area (Å²) in [7, 11) is 0. The van der Waals surface area contributed by atoms with E-state index in [9.17, 15) is 9.18 Å². The number of benzene rings is 3. The second-order valence-corrected chi connectivity index (χ2v) is 7.15. The summed E-state index contributed by atoms with van der Waals surface area (Å²) in [5.41, 5.74) is 2.63. The Labute approximate surface area is 160 Å². The summed E-state index contributed by atoms with van der Waals surface area (Å²) in [5.74, 6) is 0.427. The van der Waals surface area contributed by atoms with Gasteiger partial charge >= 0.3 is 0 Å². The number of rotatable bonds is 5. The number of fused-ring (bicyclic) bond motifs is 1. The van der Waals surface area contributed by atoms with Gasteiger partial charge in [-0.2, -0.15) is 0 Å². The monoisotopic (exact) mass is 376 g/mol. The third-order valence-electron chi connectivity index (χ3n) is 4.29. The number of nitrogens with zero attached hydrogens (tertiary/aromatic N) is 2. The van der Waals surface area contributed by atoms with Gasteiger partial charge in [0, 0.05) is 5.75 Å². The molecular formula is C22H17FN2OS. The molecule has 4 aromatic rings. The van der Waals surface area contributed by atoms with Gasteiger partial charge < -0.3 is 0 Å². The van der Waals surface area contributed by atoms with Crippen molar-refractivity contribution >= 4 is 22.7 Å². The zero-order valence-electron chi connectivity index (χ0n) is 14.5. The Hall–Kier alpha value is -2.92. The standard InChI is InChI=1S/C22H17FN2OS/c23-18-12-10-16(11-13-18)14-25-21(26)19-8-4-5-9-20(19)24-22(25)27-15-17-6-2-1-3-7-17/h1-13H,14-15H2. The smallest absolute Gasteiger partial charge is 0.262 e. The molecule has 0 radical (unpaired) electrons. The highest BCUT2D eigenvalue weighted by Gasteiger charge is 2.12. The second-order valence-electron chi connectivity index (χ2n) is 6.20. The zero-order chi connectivity index (χ0) is 18.6. The van der Waals surface area contributed by atoms with E-state index in [4.69, 9.17) is 4.98 Å². The third kappa shape index (κ3) is 3.93. The highest BCUT2D eigenvalue weighted by atomic mass is 32.2. The average Bonchev–Trinajstić information content (AvgIpc) is 2.71. The summed E-state index contributed by atoms with van der Waals surface area (Å²) in [5, 5.41) is 1.25. The Morgan fingerprint density at radius 2 is 1.56 bits per heavy atom. The highest BCUT2D eigenvalue weighted by molar-refractivity contribution is 7.98. The van der Waals surface area contributed by atoms with Crippen molar-refractivity contribution in [3.05, 3.63) is 106 Å². The van der Waals surface area contributed by atoms with E-state index in [0.717, 1.165) is 11.3 Å². The lowest BCUT2D eigenvalue weighted by atomic mass is 10.2. The number of thioether (sulfide) groups is 1. The van der Waals surface area contributed by atoms with E-state index in [2.05, 4.69) is 12.1 Å². The number of halogens is 1. The minimum Gasteiger partial charge on any atom is -0.283 e. The molecule has 0 aliphatic rings. The van der Waals surface area contributed by atoms with Gasteiger partial charge in [0.2, 0.25) is 0 Å². The summed E-state index contributed by atoms with van der Waals surface area (Å²) in [6.07, 6.45) is 0. The van der Waals surface area contributed by atoms with Gasteiger partial charge in [-0.25, -0.2) is 9.37 Å². The first kappa shape index (κ1) is 17.5. The maximum absolute atomic E-state index is 13.2. The number of aromatic nitrogens is 2. The molecule has 0 saturated heterocycles. The molecule has 3 aromatic carbocycles. The summed E-state index contributed by atoms with van der Waals surface area (Å²) in [6, 6.07) is 23.6. The van der Waals surface area contributed by atoms with E-state index >= 15 is 0 Å². The fourth-order valence-electron chi connectivity index (χ4n) is 2.89. The Bertz CT molecular complexity index is 1120. The van der Waals surface area contributed by atoms with Crippen molar-refractivity contribution in [3.8, 4) is 0 Å². The Kier molecular flexibility index (Phi) is 5.03. The lowest BCUT2D eigenvalue weighted by molar-refractivity contribution is 0.622. The third-order valence-corrected chi connectivity index (χ3v) is 5.34. The van der Waals surface area contributed by atoms with Crippen LogP contribution in [-0.4, -0.2) is 9.55 Å². The summed E-state index contributed by atoms with van der Waals surface area (Å²) >= 11 is 1.53. The van der Waals surface area contributed by atoms with Crippen LogP contribution in [-0.2, 0) is 12.3 Å². The highest BCUT2D eigenvalue weighted by Crippen LogP contribution is 2.23. The normalized spacial score (nSPS) is 11.0. The van der Waals surface area contributed by atoms with Gasteiger partial charge in [-0.3, -0.25) is 9.36 Å². The maximum Gasteiger partial charge on any atom is 0.262 e. The van der Waals surface area contributed by atoms with Gasteiger partial charge in [-0.15, -0.1) is 0 Å². The molecule has 1 heterocycles. The van der Waals surface area contributed by atoms with Gasteiger partial charge in [0.1, 0.15) is 5.82 Å². The molecule has 27 heavy (non-hydrogen) atoms. The molecule has 0 atom stereocenters. The van der Waals surface area contributed by atoms with Gasteiger partial charge in [-0.1, -0.05) is 66.4 Å². The van der Waals surface area contributed by atoms with Crippen LogP contribution in [0, 0.1) is 5.82 Å². The molecule has 0 aliphatic heterocycles. The lowest BCUT2D eigenvalue weighted by Crippen LogP contribution is -2.24. The van der Waals surface area contributed by atoms with Gasteiger partial charge in [-0.05, 0) is 35.4 Å². The Morgan fingerprint density at radius 3 is 2.33 bits per heavy atom. The molecule has 0 spiro atoms. The van der Waals surface area contributed by atoms with Crippen LogP contribution < -0.4 is 5.56 Å². The lowest BCUT2D eigenvalue weighted by Gasteiger charge is -2.13. The van der Waals surface area contributed by atoms with Crippen LogP contribution in [0.5, 0.6) is 0 Å². The predicted molar refractivity (Wildman–Crippen MR) is 108 cm³/mol. The molecule has 5 heteroatoms. The topological polar surface area (TPSA) is 34.9 Å². The number of hydrogen-bond donors (Lipinski definition) is 0. The molecule has 0 saturated carbocycles.